The van der Waals surface area contributed by atoms with Crippen molar-refractivity contribution in [2.45, 2.75) is 81.5 Å². The van der Waals surface area contributed by atoms with Crippen molar-refractivity contribution in [2.75, 3.05) is 12.3 Å². The largest absolute Gasteiger partial charge is 0.481 e. The maximum atomic E-state index is 12.4. The fraction of sp³-hybridized carbons (Fsp3) is 0.762. The number of Topliss-reactive ketones (excluding diaryl/α,β-unsaturated/α-hetero) is 1. The minimum Gasteiger partial charge on any atom is -0.481 e. The molecule has 2 rings (SSSR count). The zero-order valence-corrected chi connectivity index (χ0v) is 19.0. The van der Waals surface area contributed by atoms with Crippen LogP contribution in [0, 0.1) is 5.92 Å². The fourth-order valence-electron chi connectivity index (χ4n) is 4.09. The number of carbonyl (C=O) groups is 5. The number of urea groups is 1. The third kappa shape index (κ3) is 8.68. The van der Waals surface area contributed by atoms with Gasteiger partial charge in [-0.15, -0.1) is 0 Å². The number of carboxylic acids is 2. The van der Waals surface area contributed by atoms with Crippen LogP contribution < -0.4 is 16.0 Å². The second kappa shape index (κ2) is 13.3. The van der Waals surface area contributed by atoms with Gasteiger partial charge < -0.3 is 26.2 Å². The Hall–Kier alpha value is -2.30. The molecule has 1 unspecified atom stereocenters. The molecule has 3 amide bonds. The van der Waals surface area contributed by atoms with E-state index in [-0.39, 0.29) is 60.9 Å². The van der Waals surface area contributed by atoms with E-state index < -0.39 is 17.9 Å². The monoisotopic (exact) mass is 471 g/mol. The summed E-state index contributed by atoms with van der Waals surface area (Å²) in [6.45, 7) is 0.112. The molecule has 4 atom stereocenters. The quantitative estimate of drug-likeness (QED) is 0.129. The minimum absolute atomic E-state index is 0.0236. The highest BCUT2D eigenvalue weighted by Crippen LogP contribution is 2.33. The molecule has 10 nitrogen and oxygen atoms in total. The van der Waals surface area contributed by atoms with Crippen LogP contribution in [0.4, 0.5) is 4.79 Å². The number of aliphatic carboxylic acids is 2. The van der Waals surface area contributed by atoms with Crippen molar-refractivity contribution >= 4 is 41.4 Å². The molecule has 0 aliphatic carbocycles. The van der Waals surface area contributed by atoms with Crippen LogP contribution in [-0.2, 0) is 19.2 Å². The second-order valence-corrected chi connectivity index (χ2v) is 9.59. The minimum atomic E-state index is -1.14. The van der Waals surface area contributed by atoms with Gasteiger partial charge in [-0.1, -0.05) is 19.3 Å². The van der Waals surface area contributed by atoms with E-state index in [1.54, 1.807) is 11.8 Å². The highest BCUT2D eigenvalue weighted by Gasteiger charge is 2.42. The first kappa shape index (κ1) is 26.0. The van der Waals surface area contributed by atoms with Crippen LogP contribution in [0.3, 0.4) is 0 Å². The van der Waals surface area contributed by atoms with Crippen LogP contribution in [0.15, 0.2) is 0 Å². The Morgan fingerprint density at radius 3 is 2.41 bits per heavy atom. The Morgan fingerprint density at radius 2 is 1.72 bits per heavy atom. The third-order valence-electron chi connectivity index (χ3n) is 5.84. The fourth-order valence-corrected chi connectivity index (χ4v) is 5.64. The van der Waals surface area contributed by atoms with Gasteiger partial charge in [0.1, 0.15) is 11.7 Å². The lowest BCUT2D eigenvalue weighted by Gasteiger charge is -2.18. The van der Waals surface area contributed by atoms with Gasteiger partial charge in [0.05, 0.1) is 12.1 Å². The zero-order valence-electron chi connectivity index (χ0n) is 18.1. The van der Waals surface area contributed by atoms with Crippen molar-refractivity contribution in [3.05, 3.63) is 0 Å². The Balaban J connectivity index is 1.59. The zero-order chi connectivity index (χ0) is 23.5. The van der Waals surface area contributed by atoms with E-state index >= 15 is 0 Å². The Bertz CT molecular complexity index is 703. The summed E-state index contributed by atoms with van der Waals surface area (Å²) in [6, 6.07) is 0.00532. The molecule has 2 saturated heterocycles. The maximum Gasteiger partial charge on any atom is 0.315 e. The standard InChI is InChI=1S/C21H33N3O7S/c25-15(10-11-22-17(26)8-3-1-2-4-9-18(27)28)13(20(29)30)6-5-7-16-19-14(12-32-16)23-21(31)24-19/h13-14,16,19H,1-12H2,(H,22,26)(H,27,28)(H,29,30)(H2,23,24,31)/t13?,14-,16-,19-/m0/s1. The normalized spacial score (nSPS) is 22.5. The molecule has 11 heteroatoms. The number of nitrogens with one attached hydrogen (secondary N) is 3. The van der Waals surface area contributed by atoms with Crippen molar-refractivity contribution in [3.8, 4) is 0 Å². The van der Waals surface area contributed by atoms with Gasteiger partial charge >= 0.3 is 18.0 Å². The van der Waals surface area contributed by atoms with Crippen molar-refractivity contribution in [1.29, 1.82) is 0 Å². The van der Waals surface area contributed by atoms with Crippen LogP contribution in [0.5, 0.6) is 0 Å². The van der Waals surface area contributed by atoms with Crippen LogP contribution in [0.25, 0.3) is 0 Å². The first-order chi connectivity index (χ1) is 15.3. The number of hydrogen-bond acceptors (Lipinski definition) is 6. The molecule has 0 aromatic carbocycles. The van der Waals surface area contributed by atoms with E-state index in [9.17, 15) is 29.1 Å². The molecule has 0 aromatic heterocycles. The van der Waals surface area contributed by atoms with Crippen molar-refractivity contribution in [3.63, 3.8) is 0 Å². The molecule has 2 aliphatic heterocycles. The molecular weight excluding hydrogens is 438 g/mol. The molecule has 0 radical (unpaired) electrons. The Kier molecular flexibility index (Phi) is 10.8. The molecule has 5 N–H and O–H groups in total. The smallest absolute Gasteiger partial charge is 0.315 e. The number of unbranched alkanes of at least 4 members (excludes halogenated alkanes) is 3. The van der Waals surface area contributed by atoms with E-state index in [1.807, 2.05) is 0 Å². The first-order valence-electron chi connectivity index (χ1n) is 11.2. The molecule has 2 aliphatic rings. The summed E-state index contributed by atoms with van der Waals surface area (Å²) in [4.78, 5) is 57.6. The topological polar surface area (TPSA) is 162 Å². The molecule has 2 heterocycles. The number of ketones is 1. The summed E-state index contributed by atoms with van der Waals surface area (Å²) in [6.07, 6.45) is 4.72. The number of thioether (sulfide) groups is 1. The van der Waals surface area contributed by atoms with E-state index in [4.69, 9.17) is 5.11 Å². The Labute approximate surface area is 191 Å². The summed E-state index contributed by atoms with van der Waals surface area (Å²) in [5, 5.41) is 26.6. The van der Waals surface area contributed by atoms with Crippen LogP contribution >= 0.6 is 11.8 Å². The average Bonchev–Trinajstić information content (AvgIpc) is 3.26. The van der Waals surface area contributed by atoms with Crippen molar-refractivity contribution < 1.29 is 34.2 Å². The summed E-state index contributed by atoms with van der Waals surface area (Å²) < 4.78 is 0. The molecule has 0 spiro atoms. The molecule has 0 aromatic rings. The van der Waals surface area contributed by atoms with Gasteiger partial charge in [0, 0.05) is 36.8 Å². The second-order valence-electron chi connectivity index (χ2n) is 8.32. The molecule has 32 heavy (non-hydrogen) atoms. The number of fused-ring (bicyclic) bond motifs is 1. The van der Waals surface area contributed by atoms with Gasteiger partial charge in [0.15, 0.2) is 0 Å². The molecular formula is C21H33N3O7S. The van der Waals surface area contributed by atoms with Gasteiger partial charge in [-0.2, -0.15) is 11.8 Å². The van der Waals surface area contributed by atoms with E-state index in [2.05, 4.69) is 16.0 Å². The summed E-state index contributed by atoms with van der Waals surface area (Å²) >= 11 is 1.75. The third-order valence-corrected chi connectivity index (χ3v) is 7.35. The van der Waals surface area contributed by atoms with Crippen molar-refractivity contribution in [2.24, 2.45) is 5.92 Å². The highest BCUT2D eigenvalue weighted by molar-refractivity contribution is 8.00. The number of carboxylic acid groups (broad SMARTS) is 2. The number of amides is 3. The van der Waals surface area contributed by atoms with Crippen molar-refractivity contribution in [1.82, 2.24) is 16.0 Å². The molecule has 0 bridgehead atoms. The average molecular weight is 472 g/mol. The summed E-state index contributed by atoms with van der Waals surface area (Å²) in [7, 11) is 0. The van der Waals surface area contributed by atoms with Gasteiger partial charge in [0.2, 0.25) is 5.91 Å². The van der Waals surface area contributed by atoms with Gasteiger partial charge in [-0.05, 0) is 25.7 Å². The molecule has 0 saturated carbocycles. The Morgan fingerprint density at radius 1 is 1.00 bits per heavy atom. The molecule has 2 fully saturated rings. The lowest BCUT2D eigenvalue weighted by molar-refractivity contribution is -0.146. The van der Waals surface area contributed by atoms with Gasteiger partial charge in [-0.25, -0.2) is 4.79 Å². The predicted octanol–water partition coefficient (Wildman–Crippen LogP) is 1.52. The number of rotatable bonds is 16. The number of hydrogen-bond donors (Lipinski definition) is 5. The lowest BCUT2D eigenvalue weighted by atomic mass is 9.93. The van der Waals surface area contributed by atoms with Gasteiger partial charge in [0.25, 0.3) is 0 Å². The van der Waals surface area contributed by atoms with Crippen LogP contribution in [-0.4, -0.2) is 69.5 Å². The lowest BCUT2D eigenvalue weighted by Crippen LogP contribution is -2.37. The molecule has 180 valence electrons. The highest BCUT2D eigenvalue weighted by atomic mass is 32.2. The summed E-state index contributed by atoms with van der Waals surface area (Å²) in [5.41, 5.74) is 0. The maximum absolute atomic E-state index is 12.4. The van der Waals surface area contributed by atoms with Gasteiger partial charge in [-0.3, -0.25) is 19.2 Å². The predicted molar refractivity (Wildman–Crippen MR) is 118 cm³/mol. The van der Waals surface area contributed by atoms with E-state index in [0.29, 0.717) is 25.7 Å². The van der Waals surface area contributed by atoms with E-state index in [1.165, 1.54) is 0 Å². The SMILES string of the molecule is O=C(O)CCCCCCC(=O)NCCC(=O)C(CCC[C@@H]1SC[C@@H]2NC(=O)N[C@@H]21)C(=O)O. The van der Waals surface area contributed by atoms with E-state index in [0.717, 1.165) is 25.0 Å². The first-order valence-corrected chi connectivity index (χ1v) is 12.3. The van der Waals surface area contributed by atoms with Crippen LogP contribution in [0.2, 0.25) is 0 Å². The van der Waals surface area contributed by atoms with Crippen LogP contribution in [0.1, 0.15) is 64.2 Å². The summed E-state index contributed by atoms with van der Waals surface area (Å²) in [5.74, 6) is -2.80. The number of carbonyl (C=O) groups excluding carboxylic acids is 3.